The maximum absolute atomic E-state index is 5.71. The topological polar surface area (TPSA) is 102 Å². The molecule has 0 spiro atoms. The highest BCUT2D eigenvalue weighted by molar-refractivity contribution is 5.95. The van der Waals surface area contributed by atoms with Gasteiger partial charge in [0.15, 0.2) is 0 Å². The summed E-state index contributed by atoms with van der Waals surface area (Å²) >= 11 is 0. The highest BCUT2D eigenvalue weighted by atomic mass is 16.5. The van der Waals surface area contributed by atoms with Gasteiger partial charge in [0.25, 0.3) is 0 Å². The van der Waals surface area contributed by atoms with E-state index in [1.165, 1.54) is 0 Å². The van der Waals surface area contributed by atoms with Gasteiger partial charge in [0.1, 0.15) is 12.4 Å². The van der Waals surface area contributed by atoms with Crippen LogP contribution >= 0.6 is 0 Å². The highest BCUT2D eigenvalue weighted by Gasteiger charge is 2.11. The smallest absolute Gasteiger partial charge is 0.204 e. The molecular formula is C18H18N6O2. The van der Waals surface area contributed by atoms with Crippen LogP contribution in [0.15, 0.2) is 42.5 Å². The summed E-state index contributed by atoms with van der Waals surface area (Å²) in [5.74, 6) is 1.35. The molecule has 0 amide bonds. The first-order valence-corrected chi connectivity index (χ1v) is 8.22. The minimum absolute atomic E-state index is 0.0496. The molecule has 2 heterocycles. The third kappa shape index (κ3) is 3.14. The molecule has 4 rings (SSSR count). The molecule has 2 aromatic heterocycles. The first kappa shape index (κ1) is 16.2. The average molecular weight is 350 g/mol. The molecule has 26 heavy (non-hydrogen) atoms. The van der Waals surface area contributed by atoms with Crippen LogP contribution < -0.4 is 4.74 Å². The van der Waals surface area contributed by atoms with Crippen LogP contribution in [0.4, 0.5) is 0 Å². The second kappa shape index (κ2) is 6.93. The molecule has 0 radical (unpaired) electrons. The Morgan fingerprint density at radius 1 is 1.04 bits per heavy atom. The van der Waals surface area contributed by atoms with Gasteiger partial charge < -0.3 is 9.47 Å². The van der Waals surface area contributed by atoms with Crippen LogP contribution in [0.5, 0.6) is 5.75 Å². The Kier molecular flexibility index (Phi) is 4.32. The summed E-state index contributed by atoms with van der Waals surface area (Å²) in [5.41, 5.74) is 3.68. The number of tetrazole rings is 1. The summed E-state index contributed by atoms with van der Waals surface area (Å²) in [7, 11) is 1.67. The van der Waals surface area contributed by atoms with E-state index in [1.54, 1.807) is 7.11 Å². The Bertz CT molecular complexity index is 994. The second-order valence-corrected chi connectivity index (χ2v) is 5.95. The first-order chi connectivity index (χ1) is 12.7. The van der Waals surface area contributed by atoms with E-state index < -0.39 is 0 Å². The van der Waals surface area contributed by atoms with E-state index in [-0.39, 0.29) is 6.10 Å². The normalized spacial score (nSPS) is 12.4. The molecule has 0 aliphatic rings. The van der Waals surface area contributed by atoms with E-state index in [0.717, 1.165) is 33.5 Å². The lowest BCUT2D eigenvalue weighted by atomic mass is 10.1. The van der Waals surface area contributed by atoms with E-state index in [1.807, 2.05) is 49.4 Å². The Morgan fingerprint density at radius 2 is 1.85 bits per heavy atom. The van der Waals surface area contributed by atoms with E-state index in [0.29, 0.717) is 12.4 Å². The lowest BCUT2D eigenvalue weighted by molar-refractivity contribution is 0.0717. The van der Waals surface area contributed by atoms with Crippen LogP contribution in [0.3, 0.4) is 0 Å². The molecule has 2 aromatic carbocycles. The van der Waals surface area contributed by atoms with Crippen LogP contribution in [0.25, 0.3) is 33.5 Å². The second-order valence-electron chi connectivity index (χ2n) is 5.95. The summed E-state index contributed by atoms with van der Waals surface area (Å²) in [5, 5.41) is 22.6. The fraction of sp³-hybridized carbons (Fsp3) is 0.222. The van der Waals surface area contributed by atoms with Crippen molar-refractivity contribution in [2.75, 3.05) is 13.7 Å². The van der Waals surface area contributed by atoms with Crippen LogP contribution in [-0.4, -0.2) is 50.6 Å². The Labute approximate surface area is 149 Å². The van der Waals surface area contributed by atoms with E-state index in [9.17, 15) is 0 Å². The van der Waals surface area contributed by atoms with Gasteiger partial charge in [-0.05, 0) is 54.6 Å². The van der Waals surface area contributed by atoms with Crippen molar-refractivity contribution in [3.05, 3.63) is 42.5 Å². The number of nitrogens with one attached hydrogen (secondary N) is 2. The van der Waals surface area contributed by atoms with Crippen molar-refractivity contribution >= 4 is 10.9 Å². The van der Waals surface area contributed by atoms with Crippen molar-refractivity contribution in [2.24, 2.45) is 0 Å². The number of fused-ring (bicyclic) bond motifs is 1. The zero-order valence-corrected chi connectivity index (χ0v) is 14.4. The lowest BCUT2D eigenvalue weighted by Gasteiger charge is -2.11. The predicted octanol–water partition coefficient (Wildman–Crippen LogP) is 2.82. The van der Waals surface area contributed by atoms with Crippen molar-refractivity contribution in [3.63, 3.8) is 0 Å². The number of ether oxygens (including phenoxy) is 2. The van der Waals surface area contributed by atoms with Gasteiger partial charge in [-0.15, -0.1) is 10.2 Å². The van der Waals surface area contributed by atoms with Crippen molar-refractivity contribution in [3.8, 4) is 28.4 Å². The van der Waals surface area contributed by atoms with Gasteiger partial charge in [0.2, 0.25) is 5.82 Å². The molecule has 8 heteroatoms. The predicted molar refractivity (Wildman–Crippen MR) is 96.7 cm³/mol. The van der Waals surface area contributed by atoms with Crippen molar-refractivity contribution in [2.45, 2.75) is 13.0 Å². The minimum atomic E-state index is 0.0496. The van der Waals surface area contributed by atoms with Gasteiger partial charge in [0, 0.05) is 23.6 Å². The summed E-state index contributed by atoms with van der Waals surface area (Å²) in [6.45, 7) is 2.47. The number of methoxy groups -OCH3 is 1. The van der Waals surface area contributed by atoms with Gasteiger partial charge >= 0.3 is 0 Å². The monoisotopic (exact) mass is 350 g/mol. The summed E-state index contributed by atoms with van der Waals surface area (Å²) < 4.78 is 10.9. The molecule has 0 aliphatic carbocycles. The zero-order chi connectivity index (χ0) is 17.9. The van der Waals surface area contributed by atoms with Crippen molar-refractivity contribution < 1.29 is 9.47 Å². The third-order valence-corrected chi connectivity index (χ3v) is 4.18. The number of nitrogens with zero attached hydrogens (tertiary/aromatic N) is 4. The van der Waals surface area contributed by atoms with Crippen LogP contribution in [0, 0.1) is 0 Å². The molecule has 0 fully saturated rings. The quantitative estimate of drug-likeness (QED) is 0.554. The summed E-state index contributed by atoms with van der Waals surface area (Å²) in [6, 6.07) is 13.7. The first-order valence-electron chi connectivity index (χ1n) is 8.22. The number of aromatic amines is 2. The SMILES string of the molecule is COC(C)COc1ccc(-c2n[nH]c3ccc(-c4nn[nH]n4)cc23)cc1. The largest absolute Gasteiger partial charge is 0.491 e. The molecule has 4 aromatic rings. The number of hydrogen-bond donors (Lipinski definition) is 2. The van der Waals surface area contributed by atoms with Crippen LogP contribution in [0.1, 0.15) is 6.92 Å². The molecule has 0 saturated heterocycles. The summed E-state index contributed by atoms with van der Waals surface area (Å²) in [6.07, 6.45) is 0.0496. The Balaban J connectivity index is 1.63. The third-order valence-electron chi connectivity index (χ3n) is 4.18. The van der Waals surface area contributed by atoms with E-state index in [4.69, 9.17) is 9.47 Å². The molecule has 8 nitrogen and oxygen atoms in total. The Morgan fingerprint density at radius 3 is 2.58 bits per heavy atom. The molecule has 0 bridgehead atoms. The maximum Gasteiger partial charge on any atom is 0.204 e. The number of rotatable bonds is 6. The molecule has 1 unspecified atom stereocenters. The fourth-order valence-electron chi connectivity index (χ4n) is 2.65. The number of aromatic nitrogens is 6. The molecule has 1 atom stereocenters. The number of H-pyrrole nitrogens is 2. The van der Waals surface area contributed by atoms with Gasteiger partial charge in [-0.1, -0.05) is 0 Å². The van der Waals surface area contributed by atoms with Crippen molar-refractivity contribution in [1.29, 1.82) is 0 Å². The van der Waals surface area contributed by atoms with Crippen LogP contribution in [-0.2, 0) is 4.74 Å². The average Bonchev–Trinajstić information content (AvgIpc) is 3.36. The zero-order valence-electron chi connectivity index (χ0n) is 14.4. The minimum Gasteiger partial charge on any atom is -0.491 e. The van der Waals surface area contributed by atoms with Gasteiger partial charge in [-0.3, -0.25) is 5.10 Å². The van der Waals surface area contributed by atoms with Gasteiger partial charge in [-0.25, -0.2) is 0 Å². The van der Waals surface area contributed by atoms with Gasteiger partial charge in [0.05, 0.1) is 17.3 Å². The molecular weight excluding hydrogens is 332 g/mol. The Hall–Kier alpha value is -3.26. The number of hydrogen-bond acceptors (Lipinski definition) is 6. The van der Waals surface area contributed by atoms with Crippen molar-refractivity contribution in [1.82, 2.24) is 30.8 Å². The molecule has 132 valence electrons. The molecule has 0 aliphatic heterocycles. The van der Waals surface area contributed by atoms with Gasteiger partial charge in [-0.2, -0.15) is 10.3 Å². The lowest BCUT2D eigenvalue weighted by Crippen LogP contribution is -2.15. The highest BCUT2D eigenvalue weighted by Crippen LogP contribution is 2.30. The molecule has 2 N–H and O–H groups in total. The summed E-state index contributed by atoms with van der Waals surface area (Å²) in [4.78, 5) is 0. The molecule has 0 saturated carbocycles. The fourth-order valence-corrected chi connectivity index (χ4v) is 2.65. The standard InChI is InChI=1S/C18H18N6O2/c1-11(25-2)10-26-14-6-3-12(4-7-14)17-15-9-13(18-21-23-24-22-18)5-8-16(15)19-20-17/h3-9,11H,10H2,1-2H3,(H,19,20)(H,21,22,23,24). The van der Waals surface area contributed by atoms with Crippen LogP contribution in [0.2, 0.25) is 0 Å². The number of benzene rings is 2. The maximum atomic E-state index is 5.71. The van der Waals surface area contributed by atoms with E-state index in [2.05, 4.69) is 30.8 Å². The van der Waals surface area contributed by atoms with E-state index >= 15 is 0 Å².